The zero-order chi connectivity index (χ0) is 14.5. The number of benzene rings is 2. The Bertz CT molecular complexity index is 566. The van der Waals surface area contributed by atoms with Gasteiger partial charge in [0.2, 0.25) is 0 Å². The fourth-order valence-corrected chi connectivity index (χ4v) is 2.42. The van der Waals surface area contributed by atoms with Crippen LogP contribution >= 0.6 is 15.9 Å². The summed E-state index contributed by atoms with van der Waals surface area (Å²) in [6.45, 7) is 0. The number of aliphatic hydroxyl groups is 1. The van der Waals surface area contributed by atoms with Crippen LogP contribution in [0.4, 0.5) is 0 Å². The van der Waals surface area contributed by atoms with E-state index in [0.29, 0.717) is 5.56 Å². The normalized spacial score (nSPS) is 13.6. The van der Waals surface area contributed by atoms with Crippen molar-refractivity contribution in [3.63, 3.8) is 0 Å². The van der Waals surface area contributed by atoms with Gasteiger partial charge < -0.3 is 9.84 Å². The number of carbonyl (C=O) groups excluding carboxylic acids is 1. The molecule has 0 fully saturated rings. The Morgan fingerprint density at radius 2 is 1.70 bits per heavy atom. The predicted molar refractivity (Wildman–Crippen MR) is 81.4 cm³/mol. The molecule has 0 unspecified atom stereocenters. The maximum atomic E-state index is 12.2. The molecule has 0 radical (unpaired) electrons. The highest BCUT2D eigenvalue weighted by atomic mass is 79.9. The van der Waals surface area contributed by atoms with E-state index >= 15 is 0 Å². The minimum Gasteiger partial charge on any atom is -0.497 e. The van der Waals surface area contributed by atoms with Gasteiger partial charge >= 0.3 is 0 Å². The lowest BCUT2D eigenvalue weighted by molar-refractivity contribution is 0.0746. The third kappa shape index (κ3) is 3.26. The first kappa shape index (κ1) is 14.8. The molecule has 0 aromatic heterocycles. The Morgan fingerprint density at radius 3 is 2.25 bits per heavy atom. The quantitative estimate of drug-likeness (QED) is 0.673. The standard InChI is InChI=1S/C16H15BrO3/c1-20-13-9-7-11(8-10-13)14(17)16(19)15(18)12-5-3-2-4-6-12/h2-10,14,16,19H,1H3/t14-,16+/m1/s1. The summed E-state index contributed by atoms with van der Waals surface area (Å²) in [5.74, 6) is 0.431. The molecule has 0 aliphatic rings. The largest absolute Gasteiger partial charge is 0.497 e. The van der Waals surface area contributed by atoms with Gasteiger partial charge in [0.05, 0.1) is 11.9 Å². The number of hydrogen-bond acceptors (Lipinski definition) is 3. The van der Waals surface area contributed by atoms with Gasteiger partial charge in [-0.25, -0.2) is 0 Å². The highest BCUT2D eigenvalue weighted by molar-refractivity contribution is 9.09. The van der Waals surface area contributed by atoms with E-state index in [1.807, 2.05) is 18.2 Å². The van der Waals surface area contributed by atoms with Crippen LogP contribution < -0.4 is 4.74 Å². The van der Waals surface area contributed by atoms with Gasteiger partial charge in [-0.1, -0.05) is 58.4 Å². The predicted octanol–water partition coefficient (Wildman–Crippen LogP) is 3.38. The first-order valence-electron chi connectivity index (χ1n) is 6.19. The van der Waals surface area contributed by atoms with Gasteiger partial charge in [-0.3, -0.25) is 4.79 Å². The lowest BCUT2D eigenvalue weighted by Gasteiger charge is -2.17. The molecule has 2 aromatic carbocycles. The van der Waals surface area contributed by atoms with Crippen LogP contribution in [0.5, 0.6) is 5.75 Å². The molecule has 2 atom stereocenters. The van der Waals surface area contributed by atoms with E-state index in [-0.39, 0.29) is 5.78 Å². The summed E-state index contributed by atoms with van der Waals surface area (Å²) >= 11 is 3.38. The van der Waals surface area contributed by atoms with Crippen molar-refractivity contribution in [2.45, 2.75) is 10.9 Å². The zero-order valence-corrected chi connectivity index (χ0v) is 12.6. The molecule has 0 aliphatic carbocycles. The van der Waals surface area contributed by atoms with Gasteiger partial charge in [0.1, 0.15) is 11.9 Å². The van der Waals surface area contributed by atoms with Gasteiger partial charge in [0.15, 0.2) is 5.78 Å². The van der Waals surface area contributed by atoms with Crippen molar-refractivity contribution in [2.75, 3.05) is 7.11 Å². The SMILES string of the molecule is COc1ccc([C@@H](Br)[C@H](O)C(=O)c2ccccc2)cc1. The number of ether oxygens (including phenoxy) is 1. The first-order valence-corrected chi connectivity index (χ1v) is 7.10. The maximum Gasteiger partial charge on any atom is 0.192 e. The summed E-state index contributed by atoms with van der Waals surface area (Å²) in [6.07, 6.45) is -1.13. The van der Waals surface area contributed by atoms with Crippen molar-refractivity contribution in [2.24, 2.45) is 0 Å². The topological polar surface area (TPSA) is 46.5 Å². The monoisotopic (exact) mass is 334 g/mol. The summed E-state index contributed by atoms with van der Waals surface area (Å²) in [4.78, 5) is 11.7. The van der Waals surface area contributed by atoms with E-state index in [2.05, 4.69) is 15.9 Å². The lowest BCUT2D eigenvalue weighted by Crippen LogP contribution is -2.25. The van der Waals surface area contributed by atoms with E-state index in [1.54, 1.807) is 43.5 Å². The number of hydrogen-bond donors (Lipinski definition) is 1. The fraction of sp³-hybridized carbons (Fsp3) is 0.188. The second-order valence-electron chi connectivity index (χ2n) is 4.35. The van der Waals surface area contributed by atoms with Gasteiger partial charge in [0.25, 0.3) is 0 Å². The van der Waals surface area contributed by atoms with Crippen LogP contribution in [0.15, 0.2) is 54.6 Å². The van der Waals surface area contributed by atoms with Gasteiger partial charge in [-0.05, 0) is 17.7 Å². The third-order valence-corrected chi connectivity index (χ3v) is 4.07. The van der Waals surface area contributed by atoms with Crippen LogP contribution in [0.3, 0.4) is 0 Å². The average molecular weight is 335 g/mol. The molecular formula is C16H15BrO3. The van der Waals surface area contributed by atoms with Crippen molar-refractivity contribution >= 4 is 21.7 Å². The minimum atomic E-state index is -1.13. The molecule has 20 heavy (non-hydrogen) atoms. The average Bonchev–Trinajstić information content (AvgIpc) is 2.53. The van der Waals surface area contributed by atoms with E-state index in [1.165, 1.54) is 0 Å². The smallest absolute Gasteiger partial charge is 0.192 e. The molecule has 0 bridgehead atoms. The molecular weight excluding hydrogens is 320 g/mol. The van der Waals surface area contributed by atoms with E-state index < -0.39 is 10.9 Å². The molecule has 0 saturated heterocycles. The number of rotatable bonds is 5. The molecule has 3 nitrogen and oxygen atoms in total. The fourth-order valence-electron chi connectivity index (χ4n) is 1.88. The number of halogens is 1. The van der Waals surface area contributed by atoms with Crippen LogP contribution in [-0.2, 0) is 0 Å². The second-order valence-corrected chi connectivity index (χ2v) is 5.34. The number of alkyl halides is 1. The van der Waals surface area contributed by atoms with Crippen LogP contribution in [0.2, 0.25) is 0 Å². The van der Waals surface area contributed by atoms with Crippen molar-refractivity contribution in [1.29, 1.82) is 0 Å². The first-order chi connectivity index (χ1) is 9.63. The van der Waals surface area contributed by atoms with Gasteiger partial charge in [-0.2, -0.15) is 0 Å². The van der Waals surface area contributed by atoms with Crippen molar-refractivity contribution < 1.29 is 14.6 Å². The Hall–Kier alpha value is -1.65. The Balaban J connectivity index is 2.15. The highest BCUT2D eigenvalue weighted by Crippen LogP contribution is 2.29. The molecule has 0 heterocycles. The molecule has 1 N–H and O–H groups in total. The second kappa shape index (κ2) is 6.68. The lowest BCUT2D eigenvalue weighted by atomic mass is 10.00. The van der Waals surface area contributed by atoms with Crippen LogP contribution in [0, 0.1) is 0 Å². The molecule has 0 saturated carbocycles. The molecule has 0 spiro atoms. The minimum absolute atomic E-state index is 0.303. The molecule has 104 valence electrons. The van der Waals surface area contributed by atoms with E-state index in [4.69, 9.17) is 4.74 Å². The summed E-state index contributed by atoms with van der Waals surface area (Å²) in [5, 5.41) is 10.2. The maximum absolute atomic E-state index is 12.2. The molecule has 4 heteroatoms. The summed E-state index contributed by atoms with van der Waals surface area (Å²) < 4.78 is 5.08. The summed E-state index contributed by atoms with van der Waals surface area (Å²) in [7, 11) is 1.59. The van der Waals surface area contributed by atoms with Crippen molar-refractivity contribution in [3.05, 3.63) is 65.7 Å². The van der Waals surface area contributed by atoms with E-state index in [9.17, 15) is 9.90 Å². The summed E-state index contributed by atoms with van der Waals surface area (Å²) in [6, 6.07) is 16.0. The van der Waals surface area contributed by atoms with Crippen molar-refractivity contribution in [1.82, 2.24) is 0 Å². The molecule has 0 aliphatic heterocycles. The Morgan fingerprint density at radius 1 is 1.10 bits per heavy atom. The van der Waals surface area contributed by atoms with Gasteiger partial charge in [-0.15, -0.1) is 0 Å². The third-order valence-electron chi connectivity index (χ3n) is 3.04. The zero-order valence-electron chi connectivity index (χ0n) is 11.0. The van der Waals surface area contributed by atoms with E-state index in [0.717, 1.165) is 11.3 Å². The Labute approximate surface area is 126 Å². The number of methoxy groups -OCH3 is 1. The Kier molecular flexibility index (Phi) is 4.93. The summed E-state index contributed by atoms with van der Waals surface area (Å²) in [5.41, 5.74) is 1.32. The highest BCUT2D eigenvalue weighted by Gasteiger charge is 2.26. The van der Waals surface area contributed by atoms with Crippen LogP contribution in [-0.4, -0.2) is 24.1 Å². The number of ketones is 1. The molecule has 2 aromatic rings. The van der Waals surface area contributed by atoms with Gasteiger partial charge in [0, 0.05) is 5.56 Å². The van der Waals surface area contributed by atoms with Crippen LogP contribution in [0.25, 0.3) is 0 Å². The van der Waals surface area contributed by atoms with Crippen molar-refractivity contribution in [3.8, 4) is 5.75 Å². The number of aliphatic hydroxyl groups excluding tert-OH is 1. The van der Waals surface area contributed by atoms with Crippen LogP contribution in [0.1, 0.15) is 20.7 Å². The number of Topliss-reactive ketones (excluding diaryl/α,β-unsaturated/α-hetero) is 1. The number of carbonyl (C=O) groups is 1. The molecule has 2 rings (SSSR count). The molecule has 0 amide bonds.